The highest BCUT2D eigenvalue weighted by atomic mass is 16.1. The first-order valence-corrected chi connectivity index (χ1v) is 9.27. The second-order valence-electron chi connectivity index (χ2n) is 6.85. The molecule has 0 saturated heterocycles. The Labute approximate surface area is 161 Å². The van der Waals surface area contributed by atoms with Gasteiger partial charge in [0.15, 0.2) is 5.82 Å². The summed E-state index contributed by atoms with van der Waals surface area (Å²) in [4.78, 5) is 14.5. The molecule has 2 atom stereocenters. The van der Waals surface area contributed by atoms with Gasteiger partial charge in [0.2, 0.25) is 0 Å². The van der Waals surface area contributed by atoms with Crippen LogP contribution in [0.5, 0.6) is 0 Å². The Balaban J connectivity index is 2.43. The Hall–Kier alpha value is -2.66. The standard InChI is InChI=1S/C22H30N4O/c1-7-9-10-13-16(3)20(25(4)5)19(8-2)23-21-17-14-11-12-15-18(17)22(27)26(6)24-21/h7,9-15,19-20H,3,8H2,1-2,4-6H3,(H,23,24)/b9-7-,13-10-/t19-,20-/m0/s1. The van der Waals surface area contributed by atoms with Crippen LogP contribution in [0, 0.1) is 0 Å². The van der Waals surface area contributed by atoms with Gasteiger partial charge in [0.1, 0.15) is 0 Å². The molecule has 0 unspecified atom stereocenters. The number of aryl methyl sites for hydroxylation is 1. The van der Waals surface area contributed by atoms with Gasteiger partial charge in [0, 0.05) is 18.5 Å². The molecule has 1 aromatic carbocycles. The maximum Gasteiger partial charge on any atom is 0.274 e. The molecule has 0 bridgehead atoms. The van der Waals surface area contributed by atoms with E-state index < -0.39 is 0 Å². The third kappa shape index (κ3) is 4.74. The molecule has 0 spiro atoms. The molecule has 0 aliphatic heterocycles. The minimum atomic E-state index is -0.0907. The average Bonchev–Trinajstić information content (AvgIpc) is 2.65. The molecule has 2 aromatic rings. The van der Waals surface area contributed by atoms with Crippen molar-refractivity contribution < 1.29 is 0 Å². The highest BCUT2D eigenvalue weighted by Gasteiger charge is 2.25. The Morgan fingerprint density at radius 3 is 2.56 bits per heavy atom. The zero-order valence-electron chi connectivity index (χ0n) is 16.9. The van der Waals surface area contributed by atoms with Crippen LogP contribution in [0.3, 0.4) is 0 Å². The Morgan fingerprint density at radius 1 is 1.30 bits per heavy atom. The number of fused-ring (bicyclic) bond motifs is 1. The number of hydrogen-bond acceptors (Lipinski definition) is 4. The van der Waals surface area contributed by atoms with E-state index in [9.17, 15) is 4.79 Å². The first-order valence-electron chi connectivity index (χ1n) is 9.27. The van der Waals surface area contributed by atoms with E-state index in [0.717, 1.165) is 23.2 Å². The van der Waals surface area contributed by atoms with Gasteiger partial charge < -0.3 is 10.2 Å². The maximum absolute atomic E-state index is 12.4. The van der Waals surface area contributed by atoms with Gasteiger partial charge in [-0.2, -0.15) is 5.10 Å². The molecule has 27 heavy (non-hydrogen) atoms. The molecule has 1 N–H and O–H groups in total. The molecule has 0 radical (unpaired) electrons. The molecular formula is C22H30N4O. The van der Waals surface area contributed by atoms with Crippen molar-refractivity contribution in [3.63, 3.8) is 0 Å². The number of nitrogens with zero attached hydrogens (tertiary/aromatic N) is 3. The van der Waals surface area contributed by atoms with Crippen molar-refractivity contribution in [1.29, 1.82) is 0 Å². The van der Waals surface area contributed by atoms with E-state index in [-0.39, 0.29) is 17.6 Å². The summed E-state index contributed by atoms with van der Waals surface area (Å²) in [6.07, 6.45) is 8.92. The lowest BCUT2D eigenvalue weighted by molar-refractivity contribution is 0.298. The van der Waals surface area contributed by atoms with Crippen molar-refractivity contribution in [2.24, 2.45) is 7.05 Å². The SMILES string of the molecule is C=C(/C=C\C=C/C)[C@@H]([C@H](CC)Nc1nn(C)c(=O)c2ccccc12)N(C)C. The minimum absolute atomic E-state index is 0.0907. The molecule has 0 saturated carbocycles. The predicted octanol–water partition coefficient (Wildman–Crippen LogP) is 3.74. The molecule has 2 rings (SSSR count). The van der Waals surface area contributed by atoms with Crippen LogP contribution >= 0.6 is 0 Å². The van der Waals surface area contributed by atoms with Crippen LogP contribution in [-0.4, -0.2) is 40.9 Å². The first-order chi connectivity index (χ1) is 12.9. The molecule has 1 aromatic heterocycles. The molecule has 1 heterocycles. The smallest absolute Gasteiger partial charge is 0.274 e. The summed E-state index contributed by atoms with van der Waals surface area (Å²) >= 11 is 0. The Kier molecular flexibility index (Phi) is 7.13. The first kappa shape index (κ1) is 20.6. The monoisotopic (exact) mass is 366 g/mol. The lowest BCUT2D eigenvalue weighted by Gasteiger charge is -2.33. The lowest BCUT2D eigenvalue weighted by atomic mass is 9.96. The fourth-order valence-electron chi connectivity index (χ4n) is 3.32. The third-order valence-corrected chi connectivity index (χ3v) is 4.65. The van der Waals surface area contributed by atoms with Crippen LogP contribution in [0.2, 0.25) is 0 Å². The van der Waals surface area contributed by atoms with Crippen LogP contribution in [0.4, 0.5) is 5.82 Å². The summed E-state index contributed by atoms with van der Waals surface area (Å²) in [5.41, 5.74) is 0.929. The maximum atomic E-state index is 12.4. The van der Waals surface area contributed by atoms with Gasteiger partial charge >= 0.3 is 0 Å². The number of nitrogens with one attached hydrogen (secondary N) is 1. The Morgan fingerprint density at radius 2 is 1.96 bits per heavy atom. The van der Waals surface area contributed by atoms with Crippen LogP contribution < -0.4 is 10.9 Å². The van der Waals surface area contributed by atoms with E-state index in [4.69, 9.17) is 0 Å². The van der Waals surface area contributed by atoms with Crippen molar-refractivity contribution in [3.05, 3.63) is 71.1 Å². The summed E-state index contributed by atoms with van der Waals surface area (Å²) in [7, 11) is 5.79. The number of rotatable bonds is 8. The zero-order chi connectivity index (χ0) is 20.0. The van der Waals surface area contributed by atoms with Crippen LogP contribution in [0.25, 0.3) is 10.8 Å². The van der Waals surface area contributed by atoms with E-state index >= 15 is 0 Å². The van der Waals surface area contributed by atoms with E-state index in [1.54, 1.807) is 7.05 Å². The van der Waals surface area contributed by atoms with E-state index in [2.05, 4.69) is 42.9 Å². The Bertz CT molecular complexity index is 908. The molecule has 5 nitrogen and oxygen atoms in total. The van der Waals surface area contributed by atoms with Gasteiger partial charge in [-0.25, -0.2) is 4.68 Å². The van der Waals surface area contributed by atoms with Crippen molar-refractivity contribution >= 4 is 16.6 Å². The summed E-state index contributed by atoms with van der Waals surface area (Å²) < 4.78 is 1.39. The normalized spacial score (nSPS) is 14.3. The summed E-state index contributed by atoms with van der Waals surface area (Å²) in [6, 6.07) is 7.77. The summed E-state index contributed by atoms with van der Waals surface area (Å²) in [6.45, 7) is 8.40. The summed E-state index contributed by atoms with van der Waals surface area (Å²) in [5, 5.41) is 9.55. The van der Waals surface area contributed by atoms with E-state index in [0.29, 0.717) is 5.39 Å². The largest absolute Gasteiger partial charge is 0.363 e. The minimum Gasteiger partial charge on any atom is -0.363 e. The highest BCUT2D eigenvalue weighted by molar-refractivity contribution is 5.91. The summed E-state index contributed by atoms with van der Waals surface area (Å²) in [5.74, 6) is 0.719. The average molecular weight is 367 g/mol. The molecule has 0 aliphatic carbocycles. The number of hydrogen-bond donors (Lipinski definition) is 1. The predicted molar refractivity (Wildman–Crippen MR) is 115 cm³/mol. The molecule has 0 fully saturated rings. The lowest BCUT2D eigenvalue weighted by Crippen LogP contribution is -2.44. The molecule has 0 amide bonds. The molecular weight excluding hydrogens is 336 g/mol. The third-order valence-electron chi connectivity index (χ3n) is 4.65. The highest BCUT2D eigenvalue weighted by Crippen LogP contribution is 2.23. The molecule has 144 valence electrons. The van der Waals surface area contributed by atoms with Crippen molar-refractivity contribution in [1.82, 2.24) is 14.7 Å². The number of anilines is 1. The van der Waals surface area contributed by atoms with Crippen molar-refractivity contribution in [3.8, 4) is 0 Å². The second kappa shape index (κ2) is 9.33. The van der Waals surface area contributed by atoms with Crippen molar-refractivity contribution in [2.75, 3.05) is 19.4 Å². The van der Waals surface area contributed by atoms with Gasteiger partial charge in [-0.3, -0.25) is 4.79 Å². The number of benzene rings is 1. The second-order valence-corrected chi connectivity index (χ2v) is 6.85. The molecule has 5 heteroatoms. The number of allylic oxidation sites excluding steroid dienone is 3. The van der Waals surface area contributed by atoms with Gasteiger partial charge in [0.25, 0.3) is 5.56 Å². The number of likely N-dealkylation sites (N-methyl/N-ethyl adjacent to an activating group) is 1. The van der Waals surface area contributed by atoms with Crippen molar-refractivity contribution in [2.45, 2.75) is 32.4 Å². The van der Waals surface area contributed by atoms with E-state index in [1.165, 1.54) is 4.68 Å². The van der Waals surface area contributed by atoms with Gasteiger partial charge in [-0.15, -0.1) is 0 Å². The fraction of sp³-hybridized carbons (Fsp3) is 0.364. The quantitative estimate of drug-likeness (QED) is 0.723. The van der Waals surface area contributed by atoms with E-state index in [1.807, 2.05) is 55.5 Å². The van der Waals surface area contributed by atoms with Gasteiger partial charge in [0.05, 0.1) is 11.4 Å². The van der Waals surface area contributed by atoms with Gasteiger partial charge in [-0.05, 0) is 39.1 Å². The van der Waals surface area contributed by atoms with Gasteiger partial charge in [-0.1, -0.05) is 56.0 Å². The van der Waals surface area contributed by atoms with Crippen LogP contribution in [0.15, 0.2) is 65.5 Å². The molecule has 0 aliphatic rings. The fourth-order valence-corrected chi connectivity index (χ4v) is 3.32. The topological polar surface area (TPSA) is 50.2 Å². The zero-order valence-corrected chi connectivity index (χ0v) is 16.9. The number of aromatic nitrogens is 2. The van der Waals surface area contributed by atoms with Crippen LogP contribution in [-0.2, 0) is 7.05 Å². The van der Waals surface area contributed by atoms with Crippen LogP contribution in [0.1, 0.15) is 20.3 Å².